The molecule has 1 aliphatic heterocycles. The van der Waals surface area contributed by atoms with E-state index in [-0.39, 0.29) is 18.0 Å². The maximum Gasteiger partial charge on any atom is 0.317 e. The number of ether oxygens (including phenoxy) is 1. The van der Waals surface area contributed by atoms with E-state index in [4.69, 9.17) is 4.74 Å². The highest BCUT2D eigenvalue weighted by Gasteiger charge is 2.23. The van der Waals surface area contributed by atoms with Crippen molar-refractivity contribution in [2.24, 2.45) is 0 Å². The zero-order chi connectivity index (χ0) is 20.4. The molecule has 0 aliphatic carbocycles. The van der Waals surface area contributed by atoms with Crippen molar-refractivity contribution in [1.29, 1.82) is 0 Å². The number of anilines is 1. The summed E-state index contributed by atoms with van der Waals surface area (Å²) < 4.78 is 5.41. The number of rotatable bonds is 10. The van der Waals surface area contributed by atoms with Gasteiger partial charge in [0.25, 0.3) is 5.91 Å². The maximum atomic E-state index is 12.5. The lowest BCUT2D eigenvalue weighted by Gasteiger charge is -2.23. The summed E-state index contributed by atoms with van der Waals surface area (Å²) in [5.41, 5.74) is 1.67. The summed E-state index contributed by atoms with van der Waals surface area (Å²) in [5, 5.41) is 5.90. The average Bonchev–Trinajstić information content (AvgIpc) is 3.20. The molecule has 0 unspecified atom stereocenters. The lowest BCUT2D eigenvalue weighted by molar-refractivity contribution is -0.124. The topological polar surface area (TPSA) is 73.9 Å². The van der Waals surface area contributed by atoms with Crippen molar-refractivity contribution >= 4 is 17.6 Å². The van der Waals surface area contributed by atoms with Crippen LogP contribution in [0.25, 0.3) is 0 Å². The zero-order valence-electron chi connectivity index (χ0n) is 17.4. The quantitative estimate of drug-likeness (QED) is 0.644. The highest BCUT2D eigenvalue weighted by atomic mass is 16.5. The third-order valence-corrected chi connectivity index (χ3v) is 4.67. The van der Waals surface area contributed by atoms with Gasteiger partial charge in [-0.25, -0.2) is 4.79 Å². The smallest absolute Gasteiger partial charge is 0.317 e. The van der Waals surface area contributed by atoms with Crippen LogP contribution in [0.3, 0.4) is 0 Å². The molecule has 1 aromatic carbocycles. The fourth-order valence-electron chi connectivity index (χ4n) is 3.22. The van der Waals surface area contributed by atoms with Crippen molar-refractivity contribution in [3.8, 4) is 0 Å². The largest absolute Gasteiger partial charge is 0.368 e. The molecule has 7 nitrogen and oxygen atoms in total. The summed E-state index contributed by atoms with van der Waals surface area (Å²) in [6.07, 6.45) is 3.22. The second-order valence-corrected chi connectivity index (χ2v) is 7.49. The normalized spacial score (nSPS) is 16.2. The van der Waals surface area contributed by atoms with E-state index in [1.807, 2.05) is 43.3 Å². The lowest BCUT2D eigenvalue weighted by Crippen LogP contribution is -2.41. The molecule has 3 amide bonds. The Morgan fingerprint density at radius 3 is 2.71 bits per heavy atom. The van der Waals surface area contributed by atoms with Crippen LogP contribution in [0.15, 0.2) is 24.3 Å². The molecular formula is C21H34N4O3. The van der Waals surface area contributed by atoms with Gasteiger partial charge in [0.05, 0.1) is 0 Å². The van der Waals surface area contributed by atoms with Crippen LogP contribution in [0.2, 0.25) is 0 Å². The molecule has 2 rings (SSSR count). The van der Waals surface area contributed by atoms with E-state index in [9.17, 15) is 9.59 Å². The fourth-order valence-corrected chi connectivity index (χ4v) is 3.22. The van der Waals surface area contributed by atoms with Crippen LogP contribution in [-0.4, -0.2) is 68.2 Å². The molecule has 1 aliphatic rings. The van der Waals surface area contributed by atoms with Gasteiger partial charge in [0.15, 0.2) is 0 Å². The molecule has 1 heterocycles. The summed E-state index contributed by atoms with van der Waals surface area (Å²) in [6.45, 7) is 5.60. The molecule has 156 valence electrons. The third kappa shape index (κ3) is 7.48. The standard InChI is InChI=1S/C21H34N4O3/c1-4-11-25(13-7-12-24(2)3)21(27)22-16-17-8-5-9-18(15-17)23-20(26)19-10-6-14-28-19/h5,8-9,15,19H,4,6-7,10-14,16H2,1-3H3,(H,22,27)(H,23,26)/t19-/m0/s1. The molecule has 7 heteroatoms. The van der Waals surface area contributed by atoms with Crippen molar-refractivity contribution in [2.75, 3.05) is 45.7 Å². The van der Waals surface area contributed by atoms with E-state index in [2.05, 4.69) is 22.5 Å². The van der Waals surface area contributed by atoms with E-state index in [1.165, 1.54) is 0 Å². The van der Waals surface area contributed by atoms with E-state index in [1.54, 1.807) is 0 Å². The van der Waals surface area contributed by atoms with E-state index < -0.39 is 0 Å². The van der Waals surface area contributed by atoms with Gasteiger partial charge in [-0.05, 0) is 64.0 Å². The first-order valence-electron chi connectivity index (χ1n) is 10.2. The SMILES string of the molecule is CCCN(CCCN(C)C)C(=O)NCc1cccc(NC(=O)[C@@H]2CCCO2)c1. The average molecular weight is 391 g/mol. The monoisotopic (exact) mass is 390 g/mol. The third-order valence-electron chi connectivity index (χ3n) is 4.67. The van der Waals surface area contributed by atoms with Gasteiger partial charge in [-0.15, -0.1) is 0 Å². The highest BCUT2D eigenvalue weighted by molar-refractivity contribution is 5.94. The maximum absolute atomic E-state index is 12.5. The van der Waals surface area contributed by atoms with Crippen molar-refractivity contribution < 1.29 is 14.3 Å². The van der Waals surface area contributed by atoms with Crippen LogP contribution in [0.4, 0.5) is 10.5 Å². The Kier molecular flexibility index (Phi) is 9.23. The molecule has 0 aromatic heterocycles. The first-order valence-corrected chi connectivity index (χ1v) is 10.2. The first kappa shape index (κ1) is 22.2. The van der Waals surface area contributed by atoms with Gasteiger partial charge >= 0.3 is 6.03 Å². The number of nitrogens with one attached hydrogen (secondary N) is 2. The van der Waals surface area contributed by atoms with Gasteiger partial charge in [0.1, 0.15) is 6.10 Å². The number of carbonyl (C=O) groups excluding carboxylic acids is 2. The second-order valence-electron chi connectivity index (χ2n) is 7.49. The number of hydrogen-bond donors (Lipinski definition) is 2. The van der Waals surface area contributed by atoms with Crippen LogP contribution in [0, 0.1) is 0 Å². The Morgan fingerprint density at radius 2 is 2.04 bits per heavy atom. The van der Waals surface area contributed by atoms with E-state index in [0.29, 0.717) is 13.2 Å². The number of hydrogen-bond acceptors (Lipinski definition) is 4. The van der Waals surface area contributed by atoms with Crippen LogP contribution < -0.4 is 10.6 Å². The van der Waals surface area contributed by atoms with Gasteiger partial charge in [0, 0.05) is 31.9 Å². The fraction of sp³-hybridized carbons (Fsp3) is 0.619. The molecule has 2 N–H and O–H groups in total. The number of urea groups is 1. The first-order chi connectivity index (χ1) is 13.5. The molecule has 1 fully saturated rings. The van der Waals surface area contributed by atoms with Gasteiger partial charge in [-0.3, -0.25) is 4.79 Å². The molecule has 0 bridgehead atoms. The molecular weight excluding hydrogens is 356 g/mol. The van der Waals surface area contributed by atoms with Crippen LogP contribution in [-0.2, 0) is 16.1 Å². The summed E-state index contributed by atoms with van der Waals surface area (Å²) in [4.78, 5) is 28.7. The van der Waals surface area contributed by atoms with Crippen LogP contribution in [0.5, 0.6) is 0 Å². The predicted molar refractivity (Wildman–Crippen MR) is 111 cm³/mol. The van der Waals surface area contributed by atoms with Crippen molar-refractivity contribution in [1.82, 2.24) is 15.1 Å². The molecule has 1 aromatic rings. The Labute approximate surface area is 168 Å². The minimum atomic E-state index is -0.354. The minimum absolute atomic E-state index is 0.0469. The summed E-state index contributed by atoms with van der Waals surface area (Å²) in [6, 6.07) is 7.52. The van der Waals surface area contributed by atoms with Crippen LogP contribution >= 0.6 is 0 Å². The van der Waals surface area contributed by atoms with E-state index >= 15 is 0 Å². The van der Waals surface area contributed by atoms with Crippen molar-refractivity contribution in [3.63, 3.8) is 0 Å². The predicted octanol–water partition coefficient (Wildman–Crippen LogP) is 2.68. The number of carbonyl (C=O) groups is 2. The summed E-state index contributed by atoms with van der Waals surface area (Å²) in [7, 11) is 4.07. The Hall–Kier alpha value is -2.12. The molecule has 28 heavy (non-hydrogen) atoms. The number of amides is 3. The molecule has 1 saturated heterocycles. The van der Waals surface area contributed by atoms with Crippen molar-refractivity contribution in [2.45, 2.75) is 45.3 Å². The highest BCUT2D eigenvalue weighted by Crippen LogP contribution is 2.16. The summed E-state index contributed by atoms with van der Waals surface area (Å²) >= 11 is 0. The van der Waals surface area contributed by atoms with E-state index in [0.717, 1.165) is 56.6 Å². The molecule has 0 saturated carbocycles. The van der Waals surface area contributed by atoms with Crippen molar-refractivity contribution in [3.05, 3.63) is 29.8 Å². The summed E-state index contributed by atoms with van der Waals surface area (Å²) in [5.74, 6) is -0.103. The lowest BCUT2D eigenvalue weighted by atomic mass is 10.2. The Bertz CT molecular complexity index is 630. The van der Waals surface area contributed by atoms with Gasteiger partial charge in [-0.2, -0.15) is 0 Å². The number of benzene rings is 1. The van der Waals surface area contributed by atoms with Gasteiger partial charge < -0.3 is 25.2 Å². The minimum Gasteiger partial charge on any atom is -0.368 e. The number of nitrogens with zero attached hydrogens (tertiary/aromatic N) is 2. The van der Waals surface area contributed by atoms with Gasteiger partial charge in [-0.1, -0.05) is 19.1 Å². The van der Waals surface area contributed by atoms with Gasteiger partial charge in [0.2, 0.25) is 0 Å². The van der Waals surface area contributed by atoms with Crippen LogP contribution in [0.1, 0.15) is 38.2 Å². The molecule has 0 radical (unpaired) electrons. The second kappa shape index (κ2) is 11.7. The Balaban J connectivity index is 1.84. The molecule has 0 spiro atoms. The Morgan fingerprint density at radius 1 is 1.21 bits per heavy atom. The molecule has 1 atom stereocenters. The zero-order valence-corrected chi connectivity index (χ0v) is 17.4.